The average Bonchev–Trinajstić information content (AvgIpc) is 3.36. The van der Waals surface area contributed by atoms with Gasteiger partial charge >= 0.3 is 0 Å². The highest BCUT2D eigenvalue weighted by molar-refractivity contribution is 7.17. The summed E-state index contributed by atoms with van der Waals surface area (Å²) in [5.74, 6) is -0.291. The van der Waals surface area contributed by atoms with Crippen LogP contribution in [0.15, 0.2) is 48.0 Å². The monoisotopic (exact) mass is 519 g/mol. The maximum atomic E-state index is 13.1. The van der Waals surface area contributed by atoms with Gasteiger partial charge in [0.1, 0.15) is 30.5 Å². The van der Waals surface area contributed by atoms with E-state index in [9.17, 15) is 20.2 Å². The van der Waals surface area contributed by atoms with Crippen molar-refractivity contribution in [1.29, 1.82) is 5.26 Å². The Morgan fingerprint density at radius 1 is 1.14 bits per heavy atom. The van der Waals surface area contributed by atoms with E-state index >= 15 is 0 Å². The number of fused-ring (bicyclic) bond motifs is 1. The van der Waals surface area contributed by atoms with Gasteiger partial charge in [-0.3, -0.25) is 14.9 Å². The summed E-state index contributed by atoms with van der Waals surface area (Å²) < 4.78 is 16.3. The molecular formula is C25H21N5O6S. The molecule has 188 valence electrons. The fourth-order valence-corrected chi connectivity index (χ4v) is 4.99. The maximum absolute atomic E-state index is 13.1. The van der Waals surface area contributed by atoms with Gasteiger partial charge in [0, 0.05) is 24.7 Å². The lowest BCUT2D eigenvalue weighted by Crippen LogP contribution is -2.36. The number of hydrogen-bond acceptors (Lipinski definition) is 10. The molecule has 11 nitrogen and oxygen atoms in total. The molecule has 1 aromatic heterocycles. The van der Waals surface area contributed by atoms with Crippen LogP contribution in [0, 0.1) is 21.4 Å². The fraction of sp³-hybridized carbons (Fsp3) is 0.240. The van der Waals surface area contributed by atoms with Gasteiger partial charge in [-0.1, -0.05) is 41.7 Å². The normalized spacial score (nSPS) is 15.1. The summed E-state index contributed by atoms with van der Waals surface area (Å²) in [4.78, 5) is 31.6. The summed E-state index contributed by atoms with van der Waals surface area (Å²) in [6, 6.07) is 13.9. The van der Waals surface area contributed by atoms with E-state index in [1.807, 2.05) is 36.4 Å². The Morgan fingerprint density at radius 3 is 2.51 bits per heavy atom. The molecule has 0 atom stereocenters. The topological polar surface area (TPSA) is 140 Å². The van der Waals surface area contributed by atoms with Crippen LogP contribution in [0.5, 0.6) is 11.5 Å². The molecule has 1 saturated heterocycles. The zero-order chi connectivity index (χ0) is 25.8. The highest BCUT2D eigenvalue weighted by atomic mass is 32.1. The molecule has 0 saturated carbocycles. The third-order valence-electron chi connectivity index (χ3n) is 5.72. The number of nitrogens with zero attached hydrogens (tertiary/aromatic N) is 4. The van der Waals surface area contributed by atoms with E-state index in [0.29, 0.717) is 36.9 Å². The van der Waals surface area contributed by atoms with Crippen molar-refractivity contribution in [3.05, 3.63) is 63.0 Å². The molecule has 0 spiro atoms. The van der Waals surface area contributed by atoms with Crippen LogP contribution in [0.25, 0.3) is 17.3 Å². The number of nitro groups is 1. The Hall–Kier alpha value is -4.47. The maximum Gasteiger partial charge on any atom is 0.296 e. The molecule has 0 aliphatic carbocycles. The second-order valence-corrected chi connectivity index (χ2v) is 9.08. The number of amides is 1. The van der Waals surface area contributed by atoms with Gasteiger partial charge < -0.3 is 24.4 Å². The molecule has 37 heavy (non-hydrogen) atoms. The lowest BCUT2D eigenvalue weighted by Gasteiger charge is -2.26. The largest absolute Gasteiger partial charge is 0.486 e. The van der Waals surface area contributed by atoms with Gasteiger partial charge in [-0.05, 0) is 6.08 Å². The number of anilines is 2. The standard InChI is InChI=1S/C25H21N5O6S/c26-15-17(24(31)27-18-13-20-21(36-11-10-35-20)14-19(18)30(32)33)12-22-23(16-4-2-1-3-5-16)28-25(37-22)29-6-8-34-9-7-29/h1-5,12-14H,6-11H2,(H,27,31)/b17-12-. The summed E-state index contributed by atoms with van der Waals surface area (Å²) in [5, 5.41) is 24.7. The summed E-state index contributed by atoms with van der Waals surface area (Å²) in [5.41, 5.74) is 0.787. The molecule has 5 rings (SSSR count). The minimum Gasteiger partial charge on any atom is -0.486 e. The lowest BCUT2D eigenvalue weighted by atomic mass is 10.1. The van der Waals surface area contributed by atoms with Gasteiger partial charge in [0.25, 0.3) is 11.6 Å². The lowest BCUT2D eigenvalue weighted by molar-refractivity contribution is -0.384. The van der Waals surface area contributed by atoms with Crippen LogP contribution >= 0.6 is 11.3 Å². The van der Waals surface area contributed by atoms with E-state index in [1.165, 1.54) is 29.5 Å². The van der Waals surface area contributed by atoms with Crippen molar-refractivity contribution in [1.82, 2.24) is 4.98 Å². The Morgan fingerprint density at radius 2 is 1.84 bits per heavy atom. The van der Waals surface area contributed by atoms with E-state index < -0.39 is 10.8 Å². The molecule has 0 unspecified atom stereocenters. The highest BCUT2D eigenvalue weighted by Crippen LogP contribution is 2.40. The third-order valence-corrected chi connectivity index (χ3v) is 6.78. The Balaban J connectivity index is 1.49. The molecule has 2 aliphatic rings. The van der Waals surface area contributed by atoms with Crippen LogP contribution in [0.4, 0.5) is 16.5 Å². The summed E-state index contributed by atoms with van der Waals surface area (Å²) in [6.07, 6.45) is 1.46. The van der Waals surface area contributed by atoms with Gasteiger partial charge in [0.2, 0.25) is 0 Å². The minimum atomic E-state index is -0.789. The van der Waals surface area contributed by atoms with Crippen LogP contribution in [0.2, 0.25) is 0 Å². The number of hydrogen-bond donors (Lipinski definition) is 1. The third kappa shape index (κ3) is 5.23. The molecule has 0 bridgehead atoms. The summed E-state index contributed by atoms with van der Waals surface area (Å²) in [6.45, 7) is 3.09. The zero-order valence-electron chi connectivity index (χ0n) is 19.5. The number of morpholine rings is 1. The average molecular weight is 520 g/mol. The quantitative estimate of drug-likeness (QED) is 0.222. The number of carbonyl (C=O) groups excluding carboxylic acids is 1. The molecule has 0 radical (unpaired) electrons. The fourth-order valence-electron chi connectivity index (χ4n) is 3.91. The van der Waals surface area contributed by atoms with Crippen molar-refractivity contribution in [2.24, 2.45) is 0 Å². The number of aromatic nitrogens is 1. The van der Waals surface area contributed by atoms with Crippen LogP contribution in [0.1, 0.15) is 4.88 Å². The molecule has 12 heteroatoms. The first-order valence-electron chi connectivity index (χ1n) is 11.4. The van der Waals surface area contributed by atoms with Crippen molar-refractivity contribution in [2.45, 2.75) is 0 Å². The van der Waals surface area contributed by atoms with E-state index in [1.54, 1.807) is 0 Å². The van der Waals surface area contributed by atoms with Gasteiger partial charge in [0.05, 0.1) is 34.8 Å². The van der Waals surface area contributed by atoms with Gasteiger partial charge in [-0.15, -0.1) is 0 Å². The second kappa shape index (κ2) is 10.7. The van der Waals surface area contributed by atoms with Gasteiger partial charge in [-0.25, -0.2) is 4.98 Å². The Bertz CT molecular complexity index is 1410. The van der Waals surface area contributed by atoms with Gasteiger partial charge in [-0.2, -0.15) is 5.26 Å². The molecule has 3 aromatic rings. The number of nitrogens with one attached hydrogen (secondary N) is 1. The number of benzene rings is 2. The first-order chi connectivity index (χ1) is 18.0. The first-order valence-corrected chi connectivity index (χ1v) is 12.3. The second-order valence-electron chi connectivity index (χ2n) is 8.07. The number of thiazole rings is 1. The predicted octanol–water partition coefficient (Wildman–Crippen LogP) is 3.87. The number of nitriles is 1. The Kier molecular flexibility index (Phi) is 6.98. The van der Waals surface area contributed by atoms with E-state index in [2.05, 4.69) is 10.2 Å². The molecule has 1 amide bonds. The number of carbonyl (C=O) groups is 1. The molecule has 2 aromatic carbocycles. The summed E-state index contributed by atoms with van der Waals surface area (Å²) >= 11 is 1.36. The number of ether oxygens (including phenoxy) is 3. The van der Waals surface area contributed by atoms with Crippen molar-refractivity contribution in [3.63, 3.8) is 0 Å². The number of rotatable bonds is 6. The molecule has 3 heterocycles. The van der Waals surface area contributed by atoms with Crippen LogP contribution in [-0.4, -0.2) is 55.3 Å². The predicted molar refractivity (Wildman–Crippen MR) is 137 cm³/mol. The Labute approximate surface area is 215 Å². The van der Waals surface area contributed by atoms with E-state index in [-0.39, 0.29) is 41.7 Å². The zero-order valence-corrected chi connectivity index (χ0v) is 20.3. The van der Waals surface area contributed by atoms with Crippen LogP contribution < -0.4 is 19.7 Å². The van der Waals surface area contributed by atoms with Crippen molar-refractivity contribution >= 4 is 39.8 Å². The smallest absolute Gasteiger partial charge is 0.296 e. The summed E-state index contributed by atoms with van der Waals surface area (Å²) in [7, 11) is 0. The molecular weight excluding hydrogens is 498 g/mol. The van der Waals surface area contributed by atoms with E-state index in [0.717, 1.165) is 10.7 Å². The highest BCUT2D eigenvalue weighted by Gasteiger charge is 2.25. The number of nitro benzene ring substituents is 1. The van der Waals surface area contributed by atoms with E-state index in [4.69, 9.17) is 19.2 Å². The van der Waals surface area contributed by atoms with Crippen LogP contribution in [-0.2, 0) is 9.53 Å². The molecule has 1 fully saturated rings. The minimum absolute atomic E-state index is 0.0954. The van der Waals surface area contributed by atoms with Gasteiger partial charge in [0.15, 0.2) is 16.6 Å². The molecule has 1 N–H and O–H groups in total. The van der Waals surface area contributed by atoms with Crippen molar-refractivity contribution < 1.29 is 23.9 Å². The van der Waals surface area contributed by atoms with Crippen LogP contribution in [0.3, 0.4) is 0 Å². The SMILES string of the molecule is N#C/C(=C/c1sc(N2CCOCC2)nc1-c1ccccc1)C(=O)Nc1cc2c(cc1[N+](=O)[O-])OCCO2. The molecule has 2 aliphatic heterocycles. The van der Waals surface area contributed by atoms with Crippen molar-refractivity contribution in [2.75, 3.05) is 49.7 Å². The first kappa shape index (κ1) is 24.2. The van der Waals surface area contributed by atoms with Crippen molar-refractivity contribution in [3.8, 4) is 28.8 Å².